The van der Waals surface area contributed by atoms with Crippen LogP contribution in [-0.2, 0) is 9.53 Å². The third-order valence-corrected chi connectivity index (χ3v) is 6.40. The minimum atomic E-state index is -0.317. The van der Waals surface area contributed by atoms with Gasteiger partial charge in [-0.1, -0.05) is 85.3 Å². The maximum Gasteiger partial charge on any atom is 0.308 e. The van der Waals surface area contributed by atoms with Crippen LogP contribution < -0.4 is 0 Å². The van der Waals surface area contributed by atoms with Crippen LogP contribution in [0.3, 0.4) is 0 Å². The van der Waals surface area contributed by atoms with E-state index in [1.807, 2.05) is 30.3 Å². The van der Waals surface area contributed by atoms with Gasteiger partial charge in [-0.3, -0.25) is 9.69 Å². The number of esters is 1. The van der Waals surface area contributed by atoms with Crippen LogP contribution >= 0.6 is 0 Å². The van der Waals surface area contributed by atoms with Crippen LogP contribution in [0.15, 0.2) is 78.9 Å². The van der Waals surface area contributed by atoms with Crippen molar-refractivity contribution in [3.8, 4) is 11.1 Å². The Hall–Kier alpha value is -2.91. The smallest absolute Gasteiger partial charge is 0.308 e. The van der Waals surface area contributed by atoms with Crippen molar-refractivity contribution in [2.24, 2.45) is 0 Å². The highest BCUT2D eigenvalue weighted by molar-refractivity contribution is 5.80. The van der Waals surface area contributed by atoms with E-state index in [0.717, 1.165) is 24.2 Å². The van der Waals surface area contributed by atoms with Crippen LogP contribution in [-0.4, -0.2) is 24.0 Å². The first-order valence-electron chi connectivity index (χ1n) is 11.0. The van der Waals surface area contributed by atoms with Gasteiger partial charge in [0.15, 0.2) is 6.10 Å². The van der Waals surface area contributed by atoms with Crippen LogP contribution in [0.5, 0.6) is 0 Å². The van der Waals surface area contributed by atoms with Gasteiger partial charge in [-0.05, 0) is 42.6 Å². The Kier molecular flexibility index (Phi) is 5.37. The fourth-order valence-electron chi connectivity index (χ4n) is 4.94. The summed E-state index contributed by atoms with van der Waals surface area (Å²) in [5, 5.41) is 0. The maximum absolute atomic E-state index is 13.2. The van der Waals surface area contributed by atoms with Crippen molar-refractivity contribution < 1.29 is 9.53 Å². The number of carbonyl (C=O) groups excluding carboxylic acids is 1. The van der Waals surface area contributed by atoms with Crippen molar-refractivity contribution in [2.45, 2.75) is 37.8 Å². The summed E-state index contributed by atoms with van der Waals surface area (Å²) in [6.45, 7) is 2.09. The van der Waals surface area contributed by atoms with Gasteiger partial charge in [0.25, 0.3) is 0 Å². The molecule has 5 rings (SSSR count). The number of benzene rings is 3. The molecule has 3 nitrogen and oxygen atoms in total. The molecule has 0 saturated carbocycles. The van der Waals surface area contributed by atoms with Crippen LogP contribution in [0.25, 0.3) is 11.1 Å². The Morgan fingerprint density at radius 1 is 0.800 bits per heavy atom. The molecule has 0 aromatic heterocycles. The quantitative estimate of drug-likeness (QED) is 0.501. The zero-order valence-electron chi connectivity index (χ0n) is 17.2. The minimum Gasteiger partial charge on any atom is -0.452 e. The van der Waals surface area contributed by atoms with Crippen molar-refractivity contribution in [3.05, 3.63) is 95.6 Å². The monoisotopic (exact) mass is 397 g/mol. The van der Waals surface area contributed by atoms with Crippen LogP contribution in [0, 0.1) is 0 Å². The molecule has 3 aromatic rings. The Morgan fingerprint density at radius 3 is 2.00 bits per heavy atom. The van der Waals surface area contributed by atoms with E-state index in [4.69, 9.17) is 4.74 Å². The third kappa shape index (κ3) is 3.66. The first-order chi connectivity index (χ1) is 14.8. The molecule has 1 heterocycles. The second-order valence-electron chi connectivity index (χ2n) is 8.27. The lowest BCUT2D eigenvalue weighted by Gasteiger charge is -2.34. The third-order valence-electron chi connectivity index (χ3n) is 6.40. The van der Waals surface area contributed by atoms with Crippen molar-refractivity contribution in [3.63, 3.8) is 0 Å². The molecule has 0 spiro atoms. The highest BCUT2D eigenvalue weighted by atomic mass is 16.5. The minimum absolute atomic E-state index is 0.0749. The van der Waals surface area contributed by atoms with E-state index in [1.165, 1.54) is 36.0 Å². The van der Waals surface area contributed by atoms with E-state index in [1.54, 1.807) is 0 Å². The van der Waals surface area contributed by atoms with E-state index in [-0.39, 0.29) is 18.1 Å². The van der Waals surface area contributed by atoms with Gasteiger partial charge in [0.1, 0.15) is 0 Å². The summed E-state index contributed by atoms with van der Waals surface area (Å²) in [6.07, 6.45) is 3.73. The second kappa shape index (κ2) is 8.45. The normalized spacial score (nSPS) is 17.2. The molecule has 30 heavy (non-hydrogen) atoms. The molecule has 0 bridgehead atoms. The predicted molar refractivity (Wildman–Crippen MR) is 119 cm³/mol. The lowest BCUT2D eigenvalue weighted by Crippen LogP contribution is -2.35. The van der Waals surface area contributed by atoms with Crippen molar-refractivity contribution in [2.75, 3.05) is 13.1 Å². The number of carbonyl (C=O) groups is 1. The van der Waals surface area contributed by atoms with E-state index < -0.39 is 0 Å². The molecule has 1 aliphatic heterocycles. The number of hydrogen-bond acceptors (Lipinski definition) is 3. The summed E-state index contributed by atoms with van der Waals surface area (Å²) >= 11 is 0. The Balaban J connectivity index is 1.39. The Labute approximate surface area is 178 Å². The summed E-state index contributed by atoms with van der Waals surface area (Å²) in [6, 6.07) is 27.0. The summed E-state index contributed by atoms with van der Waals surface area (Å²) in [4.78, 5) is 15.7. The molecule has 0 unspecified atom stereocenters. The van der Waals surface area contributed by atoms with Gasteiger partial charge in [-0.25, -0.2) is 0 Å². The van der Waals surface area contributed by atoms with E-state index in [2.05, 4.69) is 53.4 Å². The van der Waals surface area contributed by atoms with Crippen molar-refractivity contribution >= 4 is 5.97 Å². The van der Waals surface area contributed by atoms with Crippen LogP contribution in [0.2, 0.25) is 0 Å². The van der Waals surface area contributed by atoms with E-state index in [0.29, 0.717) is 6.42 Å². The SMILES string of the molecule is O=C(C[C@@H](c1ccccc1)N1CCCCC1)OC1c2ccccc2-c2ccccc21. The number of ether oxygens (including phenoxy) is 1. The van der Waals surface area contributed by atoms with E-state index in [9.17, 15) is 4.79 Å². The van der Waals surface area contributed by atoms with Gasteiger partial charge < -0.3 is 4.74 Å². The number of hydrogen-bond donors (Lipinski definition) is 0. The molecule has 3 aromatic carbocycles. The fourth-order valence-corrected chi connectivity index (χ4v) is 4.94. The molecule has 1 aliphatic carbocycles. The van der Waals surface area contributed by atoms with Gasteiger partial charge in [0.2, 0.25) is 0 Å². The fraction of sp³-hybridized carbons (Fsp3) is 0.296. The zero-order valence-corrected chi connectivity index (χ0v) is 17.2. The molecule has 0 amide bonds. The molecule has 0 radical (unpaired) electrons. The Bertz CT molecular complexity index is 978. The molecule has 1 saturated heterocycles. The lowest BCUT2D eigenvalue weighted by molar-refractivity contribution is -0.149. The summed E-state index contributed by atoms with van der Waals surface area (Å²) in [7, 11) is 0. The maximum atomic E-state index is 13.2. The molecular weight excluding hydrogens is 370 g/mol. The first-order valence-corrected chi connectivity index (χ1v) is 11.0. The first kappa shape index (κ1) is 19.1. The number of likely N-dealkylation sites (tertiary alicyclic amines) is 1. The van der Waals surface area contributed by atoms with E-state index >= 15 is 0 Å². The van der Waals surface area contributed by atoms with Crippen molar-refractivity contribution in [1.29, 1.82) is 0 Å². The molecule has 3 heteroatoms. The average Bonchev–Trinajstić information content (AvgIpc) is 3.12. The molecule has 1 fully saturated rings. The van der Waals surface area contributed by atoms with Gasteiger partial charge in [0, 0.05) is 17.2 Å². The predicted octanol–water partition coefficient (Wildman–Crippen LogP) is 5.92. The summed E-state index contributed by atoms with van der Waals surface area (Å²) in [5.74, 6) is -0.133. The lowest BCUT2D eigenvalue weighted by atomic mass is 9.99. The van der Waals surface area contributed by atoms with Crippen LogP contribution in [0.4, 0.5) is 0 Å². The number of rotatable bonds is 5. The van der Waals surface area contributed by atoms with Crippen molar-refractivity contribution in [1.82, 2.24) is 4.90 Å². The van der Waals surface area contributed by atoms with Crippen LogP contribution in [0.1, 0.15) is 54.5 Å². The highest BCUT2D eigenvalue weighted by Crippen LogP contribution is 2.45. The number of piperidine rings is 1. The molecular formula is C27H27NO2. The molecule has 152 valence electrons. The largest absolute Gasteiger partial charge is 0.452 e. The number of nitrogens with zero attached hydrogens (tertiary/aromatic N) is 1. The number of fused-ring (bicyclic) bond motifs is 3. The average molecular weight is 398 g/mol. The topological polar surface area (TPSA) is 29.5 Å². The summed E-state index contributed by atoms with van der Waals surface area (Å²) in [5.41, 5.74) is 5.70. The molecule has 0 N–H and O–H groups in total. The van der Waals surface area contributed by atoms with Gasteiger partial charge >= 0.3 is 5.97 Å². The highest BCUT2D eigenvalue weighted by Gasteiger charge is 2.32. The summed E-state index contributed by atoms with van der Waals surface area (Å²) < 4.78 is 6.14. The Morgan fingerprint density at radius 2 is 1.37 bits per heavy atom. The zero-order chi connectivity index (χ0) is 20.3. The van der Waals surface area contributed by atoms with Gasteiger partial charge in [0.05, 0.1) is 6.42 Å². The molecule has 1 atom stereocenters. The molecule has 2 aliphatic rings. The standard InChI is InChI=1S/C27H27NO2/c29-26(19-25(20-11-3-1-4-12-20)28-17-9-2-10-18-28)30-27-23-15-7-5-13-21(23)22-14-6-8-16-24(22)27/h1,3-8,11-16,25,27H,2,9-10,17-19H2/t25-/m0/s1. The van der Waals surface area contributed by atoms with Gasteiger partial charge in [-0.15, -0.1) is 0 Å². The van der Waals surface area contributed by atoms with Gasteiger partial charge in [-0.2, -0.15) is 0 Å². The second-order valence-corrected chi connectivity index (χ2v) is 8.27.